The predicted octanol–water partition coefficient (Wildman–Crippen LogP) is 1.73. The van der Waals surface area contributed by atoms with Crippen LogP contribution in [0.15, 0.2) is 22.7 Å². The fourth-order valence-electron chi connectivity index (χ4n) is 1.00. The maximum Gasteiger partial charge on any atom is 0.447 e. The van der Waals surface area contributed by atoms with Crippen molar-refractivity contribution in [2.24, 2.45) is 0 Å². The molecule has 84 valence electrons. The molecule has 0 fully saturated rings. The number of hydrogen-bond acceptors (Lipinski definition) is 3. The molecule has 0 unspecified atom stereocenters. The highest BCUT2D eigenvalue weighted by Gasteiger charge is 2.55. The van der Waals surface area contributed by atoms with E-state index >= 15 is 0 Å². The largest absolute Gasteiger partial charge is 0.447 e. The zero-order valence-electron chi connectivity index (χ0n) is 7.22. The standard InChI is InChI=1S/C8H7BrF3NO2/c9-4-1-2-5(6(13)3-4)7(14,15)8(10,11)12/h1-3,14-15H,13H2. The van der Waals surface area contributed by atoms with E-state index in [0.717, 1.165) is 12.1 Å². The number of anilines is 1. The molecule has 0 atom stereocenters. The molecule has 1 rings (SSSR count). The number of nitrogens with two attached hydrogens (primary N) is 1. The lowest BCUT2D eigenvalue weighted by Crippen LogP contribution is -2.42. The van der Waals surface area contributed by atoms with Gasteiger partial charge in [-0.15, -0.1) is 0 Å². The van der Waals surface area contributed by atoms with E-state index in [0.29, 0.717) is 4.47 Å². The first-order valence-electron chi connectivity index (χ1n) is 3.73. The quantitative estimate of drug-likeness (QED) is 0.544. The summed E-state index contributed by atoms with van der Waals surface area (Å²) in [4.78, 5) is 0. The van der Waals surface area contributed by atoms with Crippen molar-refractivity contribution in [3.63, 3.8) is 0 Å². The van der Waals surface area contributed by atoms with E-state index in [2.05, 4.69) is 15.9 Å². The zero-order valence-corrected chi connectivity index (χ0v) is 8.80. The predicted molar refractivity (Wildman–Crippen MR) is 50.7 cm³/mol. The zero-order chi connectivity index (χ0) is 11.9. The van der Waals surface area contributed by atoms with Crippen LogP contribution in [0.3, 0.4) is 0 Å². The fourth-order valence-corrected chi connectivity index (χ4v) is 1.38. The first-order chi connectivity index (χ1) is 6.66. The summed E-state index contributed by atoms with van der Waals surface area (Å²) >= 11 is 2.99. The Labute approximate surface area is 91.5 Å². The molecular weight excluding hydrogens is 279 g/mol. The van der Waals surface area contributed by atoms with Gasteiger partial charge in [0.1, 0.15) is 0 Å². The van der Waals surface area contributed by atoms with Crippen molar-refractivity contribution in [3.05, 3.63) is 28.2 Å². The van der Waals surface area contributed by atoms with Gasteiger partial charge in [0, 0.05) is 15.7 Å². The molecule has 0 heterocycles. The number of hydrogen-bond donors (Lipinski definition) is 3. The first kappa shape index (κ1) is 12.3. The van der Waals surface area contributed by atoms with Crippen molar-refractivity contribution in [1.82, 2.24) is 0 Å². The monoisotopic (exact) mass is 285 g/mol. The van der Waals surface area contributed by atoms with Crippen LogP contribution in [0.2, 0.25) is 0 Å². The molecule has 15 heavy (non-hydrogen) atoms. The molecular formula is C8H7BrF3NO2. The smallest absolute Gasteiger partial charge is 0.398 e. The third-order valence-corrected chi connectivity index (χ3v) is 2.28. The van der Waals surface area contributed by atoms with Gasteiger partial charge in [-0.05, 0) is 12.1 Å². The van der Waals surface area contributed by atoms with E-state index in [1.54, 1.807) is 0 Å². The molecule has 3 nitrogen and oxygen atoms in total. The van der Waals surface area contributed by atoms with Crippen LogP contribution in [-0.2, 0) is 5.79 Å². The molecule has 0 aliphatic heterocycles. The average molecular weight is 286 g/mol. The highest BCUT2D eigenvalue weighted by Crippen LogP contribution is 2.39. The molecule has 0 radical (unpaired) electrons. The van der Waals surface area contributed by atoms with Gasteiger partial charge in [0.15, 0.2) is 0 Å². The number of aliphatic hydroxyl groups is 2. The van der Waals surface area contributed by atoms with Gasteiger partial charge in [-0.1, -0.05) is 22.0 Å². The molecule has 4 N–H and O–H groups in total. The Morgan fingerprint density at radius 1 is 1.20 bits per heavy atom. The molecule has 0 saturated carbocycles. The van der Waals surface area contributed by atoms with Gasteiger partial charge in [0.25, 0.3) is 5.79 Å². The summed E-state index contributed by atoms with van der Waals surface area (Å²) in [6.07, 6.45) is -5.20. The third kappa shape index (κ3) is 2.24. The normalized spacial score (nSPS) is 12.9. The molecule has 0 amide bonds. The maximum atomic E-state index is 12.2. The topological polar surface area (TPSA) is 66.5 Å². The molecule has 0 aliphatic rings. The number of rotatable bonds is 1. The maximum absolute atomic E-state index is 12.2. The molecule has 0 bridgehead atoms. The summed E-state index contributed by atoms with van der Waals surface area (Å²) in [6, 6.07) is 3.29. The summed E-state index contributed by atoms with van der Waals surface area (Å²) in [7, 11) is 0. The van der Waals surface area contributed by atoms with Crippen LogP contribution in [0.25, 0.3) is 0 Å². The van der Waals surface area contributed by atoms with E-state index in [1.807, 2.05) is 0 Å². The fraction of sp³-hybridized carbons (Fsp3) is 0.250. The molecule has 1 aromatic carbocycles. The highest BCUT2D eigenvalue weighted by molar-refractivity contribution is 9.10. The van der Waals surface area contributed by atoms with Crippen molar-refractivity contribution in [3.8, 4) is 0 Å². The van der Waals surface area contributed by atoms with Gasteiger partial charge in [-0.2, -0.15) is 13.2 Å². The Morgan fingerprint density at radius 3 is 2.13 bits per heavy atom. The number of alkyl halides is 3. The Hall–Kier alpha value is -0.790. The summed E-state index contributed by atoms with van der Waals surface area (Å²) in [5.41, 5.74) is 4.11. The summed E-state index contributed by atoms with van der Waals surface area (Å²) in [6.45, 7) is 0. The minimum absolute atomic E-state index is 0.355. The number of nitrogen functional groups attached to an aromatic ring is 1. The van der Waals surface area contributed by atoms with Gasteiger partial charge in [-0.25, -0.2) is 0 Å². The Balaban J connectivity index is 3.28. The lowest BCUT2D eigenvalue weighted by Gasteiger charge is -2.25. The van der Waals surface area contributed by atoms with Crippen molar-refractivity contribution in [1.29, 1.82) is 0 Å². The van der Waals surface area contributed by atoms with Crippen LogP contribution in [0.1, 0.15) is 5.56 Å². The van der Waals surface area contributed by atoms with Crippen LogP contribution in [-0.4, -0.2) is 16.4 Å². The Kier molecular flexibility index (Phi) is 2.99. The van der Waals surface area contributed by atoms with Gasteiger partial charge in [0.05, 0.1) is 0 Å². The number of benzene rings is 1. The second kappa shape index (κ2) is 3.66. The highest BCUT2D eigenvalue weighted by atomic mass is 79.9. The van der Waals surface area contributed by atoms with E-state index in [4.69, 9.17) is 15.9 Å². The van der Waals surface area contributed by atoms with E-state index in [-0.39, 0.29) is 5.69 Å². The Bertz CT molecular complexity index is 379. The van der Waals surface area contributed by atoms with Crippen molar-refractivity contribution >= 4 is 21.6 Å². The lowest BCUT2D eigenvalue weighted by atomic mass is 10.0. The van der Waals surface area contributed by atoms with Crippen LogP contribution in [0.4, 0.5) is 18.9 Å². The molecule has 1 aromatic rings. The van der Waals surface area contributed by atoms with E-state index in [9.17, 15) is 13.2 Å². The third-order valence-electron chi connectivity index (χ3n) is 1.78. The second-order valence-electron chi connectivity index (χ2n) is 2.90. The van der Waals surface area contributed by atoms with Crippen LogP contribution < -0.4 is 5.73 Å². The van der Waals surface area contributed by atoms with Gasteiger partial charge in [0.2, 0.25) is 0 Å². The average Bonchev–Trinajstić information content (AvgIpc) is 2.00. The van der Waals surface area contributed by atoms with Crippen LogP contribution >= 0.6 is 15.9 Å². The van der Waals surface area contributed by atoms with Crippen LogP contribution in [0, 0.1) is 0 Å². The summed E-state index contributed by atoms with van der Waals surface area (Å²) < 4.78 is 37.1. The molecule has 0 saturated heterocycles. The van der Waals surface area contributed by atoms with Crippen molar-refractivity contribution < 1.29 is 23.4 Å². The van der Waals surface area contributed by atoms with Crippen LogP contribution in [0.5, 0.6) is 0 Å². The van der Waals surface area contributed by atoms with Crippen molar-refractivity contribution in [2.75, 3.05) is 5.73 Å². The van der Waals surface area contributed by atoms with Gasteiger partial charge in [-0.3, -0.25) is 0 Å². The van der Waals surface area contributed by atoms with E-state index < -0.39 is 17.5 Å². The molecule has 0 aliphatic carbocycles. The van der Waals surface area contributed by atoms with Crippen molar-refractivity contribution in [2.45, 2.75) is 12.0 Å². The molecule has 0 aromatic heterocycles. The van der Waals surface area contributed by atoms with Gasteiger partial charge < -0.3 is 15.9 Å². The summed E-state index contributed by atoms with van der Waals surface area (Å²) in [5, 5.41) is 17.9. The Morgan fingerprint density at radius 2 is 1.73 bits per heavy atom. The second-order valence-corrected chi connectivity index (χ2v) is 3.82. The molecule has 7 heteroatoms. The first-order valence-corrected chi connectivity index (χ1v) is 4.52. The molecule has 0 spiro atoms. The number of halogens is 4. The minimum Gasteiger partial charge on any atom is -0.398 e. The lowest BCUT2D eigenvalue weighted by molar-refractivity contribution is -0.358. The van der Waals surface area contributed by atoms with Gasteiger partial charge >= 0.3 is 6.18 Å². The minimum atomic E-state index is -5.20. The SMILES string of the molecule is Nc1cc(Br)ccc1C(O)(O)C(F)(F)F. The summed E-state index contributed by atoms with van der Waals surface area (Å²) in [5.74, 6) is -3.93. The van der Waals surface area contributed by atoms with E-state index in [1.165, 1.54) is 6.07 Å².